The maximum atomic E-state index is 11.7. The van der Waals surface area contributed by atoms with Crippen LogP contribution in [0.4, 0.5) is 17.3 Å². The maximum Gasteiger partial charge on any atom is 0.315 e. The van der Waals surface area contributed by atoms with Gasteiger partial charge in [0.05, 0.1) is 31.1 Å². The maximum absolute atomic E-state index is 11.7. The summed E-state index contributed by atoms with van der Waals surface area (Å²) in [5.41, 5.74) is 1.17. The van der Waals surface area contributed by atoms with Crippen LogP contribution in [0, 0.1) is 0 Å². The molecule has 0 unspecified atom stereocenters. The van der Waals surface area contributed by atoms with Crippen molar-refractivity contribution in [2.24, 2.45) is 0 Å². The van der Waals surface area contributed by atoms with E-state index in [9.17, 15) is 9.59 Å². The third-order valence-electron chi connectivity index (χ3n) is 3.99. The Hall–Kier alpha value is -3.79. The minimum Gasteiger partial charge on any atom is -0.491 e. The third-order valence-corrected chi connectivity index (χ3v) is 3.99. The zero-order chi connectivity index (χ0) is 21.3. The first-order valence-corrected chi connectivity index (χ1v) is 9.05. The van der Waals surface area contributed by atoms with Gasteiger partial charge in [-0.25, -0.2) is 15.0 Å². The quantitative estimate of drug-likeness (QED) is 0.310. The van der Waals surface area contributed by atoms with Gasteiger partial charge in [-0.3, -0.25) is 9.59 Å². The molecule has 0 spiro atoms. The fourth-order valence-electron chi connectivity index (χ4n) is 2.54. The summed E-state index contributed by atoms with van der Waals surface area (Å²) in [5.74, 6) is 0.713. The van der Waals surface area contributed by atoms with Crippen LogP contribution in [-0.4, -0.2) is 54.3 Å². The predicted octanol–water partition coefficient (Wildman–Crippen LogP) is 2.30. The number of rotatable bonds is 9. The molecule has 2 N–H and O–H groups in total. The number of nitrogens with zero attached hydrogens (tertiary/aromatic N) is 3. The highest BCUT2D eigenvalue weighted by molar-refractivity contribution is 6.01. The molecule has 0 aliphatic carbocycles. The lowest BCUT2D eigenvalue weighted by atomic mass is 10.2. The van der Waals surface area contributed by atoms with Crippen molar-refractivity contribution in [3.05, 3.63) is 42.9 Å². The van der Waals surface area contributed by atoms with E-state index in [0.29, 0.717) is 41.8 Å². The molecule has 3 rings (SSSR count). The number of aromatic nitrogens is 3. The molecule has 2 aromatic heterocycles. The molecule has 0 radical (unpaired) electrons. The fourth-order valence-corrected chi connectivity index (χ4v) is 2.54. The highest BCUT2D eigenvalue weighted by atomic mass is 16.5. The van der Waals surface area contributed by atoms with Crippen molar-refractivity contribution in [2.75, 3.05) is 38.1 Å². The van der Waals surface area contributed by atoms with E-state index in [-0.39, 0.29) is 6.42 Å². The molecule has 0 aliphatic heterocycles. The van der Waals surface area contributed by atoms with Gasteiger partial charge >= 0.3 is 5.97 Å². The Morgan fingerprint density at radius 3 is 2.63 bits per heavy atom. The lowest BCUT2D eigenvalue weighted by Crippen LogP contribution is -2.17. The summed E-state index contributed by atoms with van der Waals surface area (Å²) in [6.45, 7) is 0.948. The van der Waals surface area contributed by atoms with Crippen molar-refractivity contribution in [3.8, 4) is 5.75 Å². The van der Waals surface area contributed by atoms with E-state index < -0.39 is 11.9 Å². The van der Waals surface area contributed by atoms with Gasteiger partial charge in [-0.2, -0.15) is 0 Å². The van der Waals surface area contributed by atoms with Crippen molar-refractivity contribution >= 4 is 40.1 Å². The van der Waals surface area contributed by atoms with Crippen LogP contribution in [0.5, 0.6) is 5.75 Å². The molecule has 0 atom stereocenters. The SMILES string of the molecule is COCCOc1ccc2c(Nc3ccc(NC(=O)CC(=O)OC)cn3)ncnc2c1. The summed E-state index contributed by atoms with van der Waals surface area (Å²) in [7, 11) is 2.84. The molecule has 0 saturated carbocycles. The van der Waals surface area contributed by atoms with Crippen LogP contribution in [0.15, 0.2) is 42.9 Å². The van der Waals surface area contributed by atoms with Crippen LogP contribution in [0.1, 0.15) is 6.42 Å². The molecule has 156 valence electrons. The molecular formula is C20H21N5O5. The molecule has 0 aliphatic rings. The highest BCUT2D eigenvalue weighted by Gasteiger charge is 2.10. The zero-order valence-corrected chi connectivity index (χ0v) is 16.5. The van der Waals surface area contributed by atoms with E-state index in [1.807, 2.05) is 18.2 Å². The van der Waals surface area contributed by atoms with Gasteiger partial charge in [0, 0.05) is 18.6 Å². The summed E-state index contributed by atoms with van der Waals surface area (Å²) < 4.78 is 15.0. The molecule has 1 aromatic carbocycles. The van der Waals surface area contributed by atoms with Crippen molar-refractivity contribution in [1.82, 2.24) is 15.0 Å². The average molecular weight is 411 g/mol. The molecule has 0 fully saturated rings. The molecule has 10 heteroatoms. The number of nitrogens with one attached hydrogen (secondary N) is 2. The van der Waals surface area contributed by atoms with Gasteiger partial charge in [-0.15, -0.1) is 0 Å². The number of fused-ring (bicyclic) bond motifs is 1. The van der Waals surface area contributed by atoms with Crippen molar-refractivity contribution in [3.63, 3.8) is 0 Å². The van der Waals surface area contributed by atoms with E-state index in [0.717, 1.165) is 5.39 Å². The molecule has 0 bridgehead atoms. The summed E-state index contributed by atoms with van der Waals surface area (Å²) in [6, 6.07) is 8.87. The largest absolute Gasteiger partial charge is 0.491 e. The number of hydrogen-bond donors (Lipinski definition) is 2. The van der Waals surface area contributed by atoms with E-state index in [4.69, 9.17) is 9.47 Å². The van der Waals surface area contributed by atoms with Crippen LogP contribution < -0.4 is 15.4 Å². The average Bonchev–Trinajstić information content (AvgIpc) is 2.75. The monoisotopic (exact) mass is 411 g/mol. The number of anilines is 3. The fraction of sp³-hybridized carbons (Fsp3) is 0.250. The normalized spacial score (nSPS) is 10.5. The summed E-state index contributed by atoms with van der Waals surface area (Å²) >= 11 is 0. The van der Waals surface area contributed by atoms with E-state index in [1.165, 1.54) is 19.6 Å². The van der Waals surface area contributed by atoms with Gasteiger partial charge in [0.15, 0.2) is 0 Å². The number of carbonyl (C=O) groups is 2. The summed E-state index contributed by atoms with van der Waals surface area (Å²) in [4.78, 5) is 35.7. The second-order valence-corrected chi connectivity index (χ2v) is 6.10. The Bertz CT molecular complexity index is 1030. The van der Waals surface area contributed by atoms with Crippen molar-refractivity contribution in [1.29, 1.82) is 0 Å². The zero-order valence-electron chi connectivity index (χ0n) is 16.5. The van der Waals surface area contributed by atoms with Crippen LogP contribution in [0.2, 0.25) is 0 Å². The minimum atomic E-state index is -0.610. The Morgan fingerprint density at radius 1 is 1.03 bits per heavy atom. The molecular weight excluding hydrogens is 390 g/mol. The Kier molecular flexibility index (Phi) is 7.06. The summed E-state index contributed by atoms with van der Waals surface area (Å²) in [5, 5.41) is 6.51. The molecule has 10 nitrogen and oxygen atoms in total. The van der Waals surface area contributed by atoms with Gasteiger partial charge in [0.1, 0.15) is 36.7 Å². The third kappa shape index (κ3) is 5.61. The standard InChI is InChI=1S/C20H21N5O5/c1-28-7-8-30-14-4-5-15-16(9-14)22-12-23-20(15)25-17-6-3-13(11-21-17)24-18(26)10-19(27)29-2/h3-6,9,11-12H,7-8,10H2,1-2H3,(H,24,26)(H,21,22,23,25). The van der Waals surface area contributed by atoms with E-state index >= 15 is 0 Å². The number of pyridine rings is 1. The van der Waals surface area contributed by atoms with Gasteiger partial charge in [0.2, 0.25) is 5.91 Å². The van der Waals surface area contributed by atoms with Crippen LogP contribution >= 0.6 is 0 Å². The lowest BCUT2D eigenvalue weighted by molar-refractivity contribution is -0.142. The van der Waals surface area contributed by atoms with Gasteiger partial charge < -0.3 is 24.8 Å². The first kappa shape index (κ1) is 20.9. The first-order chi connectivity index (χ1) is 14.6. The number of ether oxygens (including phenoxy) is 3. The van der Waals surface area contributed by atoms with Crippen LogP contribution in [-0.2, 0) is 19.1 Å². The van der Waals surface area contributed by atoms with Gasteiger partial charge in [-0.05, 0) is 24.3 Å². The van der Waals surface area contributed by atoms with Crippen LogP contribution in [0.3, 0.4) is 0 Å². The molecule has 30 heavy (non-hydrogen) atoms. The number of carbonyl (C=O) groups excluding carboxylic acids is 2. The molecule has 1 amide bonds. The Morgan fingerprint density at radius 2 is 1.90 bits per heavy atom. The summed E-state index contributed by atoms with van der Waals surface area (Å²) in [6.07, 6.45) is 2.56. The number of benzene rings is 1. The van der Waals surface area contributed by atoms with E-state index in [1.54, 1.807) is 19.2 Å². The van der Waals surface area contributed by atoms with Gasteiger partial charge in [-0.1, -0.05) is 0 Å². The molecule has 3 aromatic rings. The van der Waals surface area contributed by atoms with Crippen molar-refractivity contribution < 1.29 is 23.8 Å². The second-order valence-electron chi connectivity index (χ2n) is 6.10. The van der Waals surface area contributed by atoms with Crippen molar-refractivity contribution in [2.45, 2.75) is 6.42 Å². The second kappa shape index (κ2) is 10.1. The number of esters is 1. The Labute approximate surface area is 172 Å². The number of methoxy groups -OCH3 is 2. The number of amides is 1. The Balaban J connectivity index is 1.68. The molecule has 2 heterocycles. The lowest BCUT2D eigenvalue weighted by Gasteiger charge is -2.10. The smallest absolute Gasteiger partial charge is 0.315 e. The van der Waals surface area contributed by atoms with Crippen LogP contribution in [0.25, 0.3) is 10.9 Å². The molecule has 0 saturated heterocycles. The van der Waals surface area contributed by atoms with Gasteiger partial charge in [0.25, 0.3) is 0 Å². The topological polar surface area (TPSA) is 125 Å². The number of hydrogen-bond acceptors (Lipinski definition) is 9. The highest BCUT2D eigenvalue weighted by Crippen LogP contribution is 2.26. The minimum absolute atomic E-state index is 0.361. The first-order valence-electron chi connectivity index (χ1n) is 9.05. The predicted molar refractivity (Wildman–Crippen MR) is 110 cm³/mol. The van der Waals surface area contributed by atoms with E-state index in [2.05, 4.69) is 30.3 Å².